The third-order valence-corrected chi connectivity index (χ3v) is 2.40. The van der Waals surface area contributed by atoms with Crippen LogP contribution in [0.3, 0.4) is 0 Å². The summed E-state index contributed by atoms with van der Waals surface area (Å²) in [6.07, 6.45) is 1.57. The Morgan fingerprint density at radius 3 is 2.72 bits per heavy atom. The number of carbonyl (C=O) groups is 1. The molecule has 0 aliphatic heterocycles. The minimum atomic E-state index is -1.31. The van der Waals surface area contributed by atoms with Crippen LogP contribution in [0.25, 0.3) is 0 Å². The van der Waals surface area contributed by atoms with Crippen LogP contribution in [0.15, 0.2) is 12.3 Å². The van der Waals surface area contributed by atoms with E-state index in [0.29, 0.717) is 6.42 Å². The predicted molar refractivity (Wildman–Crippen MR) is 61.9 cm³/mol. The molecule has 0 aliphatic rings. The summed E-state index contributed by atoms with van der Waals surface area (Å²) in [6, 6.07) is 0.616. The number of nitrogens with one attached hydrogen (secondary N) is 1. The summed E-state index contributed by atoms with van der Waals surface area (Å²) in [5.41, 5.74) is -0.412. The minimum absolute atomic E-state index is 0.251. The SMILES string of the molecule is CC(C)CC(CO)NC(=O)c1ccnc(F)c1F. The van der Waals surface area contributed by atoms with Crippen molar-refractivity contribution in [2.24, 2.45) is 5.92 Å². The van der Waals surface area contributed by atoms with Crippen LogP contribution in [0.2, 0.25) is 0 Å². The molecule has 1 heterocycles. The second kappa shape index (κ2) is 6.39. The lowest BCUT2D eigenvalue weighted by molar-refractivity contribution is 0.0903. The third-order valence-electron chi connectivity index (χ3n) is 2.40. The van der Waals surface area contributed by atoms with Gasteiger partial charge in [0.1, 0.15) is 0 Å². The highest BCUT2D eigenvalue weighted by molar-refractivity contribution is 5.94. The molecule has 1 amide bonds. The summed E-state index contributed by atoms with van der Waals surface area (Å²) >= 11 is 0. The van der Waals surface area contributed by atoms with Crippen molar-refractivity contribution < 1.29 is 18.7 Å². The molecular formula is C12H16F2N2O2. The largest absolute Gasteiger partial charge is 0.394 e. The lowest BCUT2D eigenvalue weighted by atomic mass is 10.0. The highest BCUT2D eigenvalue weighted by Crippen LogP contribution is 2.10. The number of rotatable bonds is 5. The Labute approximate surface area is 104 Å². The minimum Gasteiger partial charge on any atom is -0.394 e. The van der Waals surface area contributed by atoms with E-state index in [1.54, 1.807) is 0 Å². The van der Waals surface area contributed by atoms with Crippen molar-refractivity contribution >= 4 is 5.91 Å². The first kappa shape index (κ1) is 14.5. The van der Waals surface area contributed by atoms with Crippen molar-refractivity contribution in [1.29, 1.82) is 0 Å². The third kappa shape index (κ3) is 3.73. The van der Waals surface area contributed by atoms with Crippen LogP contribution in [0.4, 0.5) is 8.78 Å². The van der Waals surface area contributed by atoms with Crippen LogP contribution in [-0.4, -0.2) is 28.6 Å². The molecule has 0 aliphatic carbocycles. The topological polar surface area (TPSA) is 62.2 Å². The van der Waals surface area contributed by atoms with E-state index in [1.807, 2.05) is 13.8 Å². The van der Waals surface area contributed by atoms with Gasteiger partial charge in [-0.05, 0) is 18.4 Å². The average Bonchev–Trinajstić information content (AvgIpc) is 2.31. The molecule has 0 bridgehead atoms. The number of aliphatic hydroxyl groups excluding tert-OH is 1. The molecular weight excluding hydrogens is 242 g/mol. The Hall–Kier alpha value is -1.56. The first-order valence-corrected chi connectivity index (χ1v) is 5.67. The number of carbonyl (C=O) groups excluding carboxylic acids is 1. The van der Waals surface area contributed by atoms with Gasteiger partial charge in [0.2, 0.25) is 5.95 Å². The molecule has 1 aromatic heterocycles. The monoisotopic (exact) mass is 258 g/mol. The number of amides is 1. The van der Waals surface area contributed by atoms with Crippen molar-refractivity contribution in [3.8, 4) is 0 Å². The molecule has 0 saturated heterocycles. The number of halogens is 2. The number of pyridine rings is 1. The maximum absolute atomic E-state index is 13.3. The number of hydrogen-bond donors (Lipinski definition) is 2. The Morgan fingerprint density at radius 2 is 2.17 bits per heavy atom. The molecule has 0 saturated carbocycles. The first-order valence-electron chi connectivity index (χ1n) is 5.67. The molecule has 0 fully saturated rings. The van der Waals surface area contributed by atoms with E-state index in [4.69, 9.17) is 5.11 Å². The first-order chi connectivity index (χ1) is 8.45. The van der Waals surface area contributed by atoms with Gasteiger partial charge in [0.05, 0.1) is 18.2 Å². The Morgan fingerprint density at radius 1 is 1.50 bits per heavy atom. The van der Waals surface area contributed by atoms with E-state index in [0.717, 1.165) is 12.3 Å². The van der Waals surface area contributed by atoms with E-state index >= 15 is 0 Å². The Kier molecular flexibility index (Phi) is 5.15. The fourth-order valence-corrected chi connectivity index (χ4v) is 1.60. The molecule has 0 radical (unpaired) electrons. The van der Waals surface area contributed by atoms with Gasteiger partial charge < -0.3 is 10.4 Å². The molecule has 1 unspecified atom stereocenters. The van der Waals surface area contributed by atoms with E-state index in [9.17, 15) is 13.6 Å². The summed E-state index contributed by atoms with van der Waals surface area (Å²) < 4.78 is 26.2. The van der Waals surface area contributed by atoms with Crippen LogP contribution in [0.1, 0.15) is 30.6 Å². The van der Waals surface area contributed by atoms with Gasteiger partial charge in [0, 0.05) is 6.20 Å². The zero-order chi connectivity index (χ0) is 13.7. The van der Waals surface area contributed by atoms with Gasteiger partial charge in [0.25, 0.3) is 5.91 Å². The van der Waals surface area contributed by atoms with Gasteiger partial charge in [-0.3, -0.25) is 4.79 Å². The number of aromatic nitrogens is 1. The summed E-state index contributed by atoms with van der Waals surface area (Å²) in [4.78, 5) is 14.8. The second-order valence-corrected chi connectivity index (χ2v) is 4.45. The van der Waals surface area contributed by atoms with E-state index < -0.39 is 29.3 Å². The molecule has 0 aromatic carbocycles. The fraction of sp³-hybridized carbons (Fsp3) is 0.500. The van der Waals surface area contributed by atoms with E-state index in [-0.39, 0.29) is 12.5 Å². The highest BCUT2D eigenvalue weighted by Gasteiger charge is 2.19. The Bertz CT molecular complexity index is 425. The summed E-state index contributed by atoms with van der Waals surface area (Å²) in [5.74, 6) is -3.08. The van der Waals surface area contributed by atoms with Gasteiger partial charge in [-0.1, -0.05) is 13.8 Å². The Balaban J connectivity index is 2.78. The molecule has 0 spiro atoms. The van der Waals surface area contributed by atoms with Gasteiger partial charge in [-0.15, -0.1) is 0 Å². The molecule has 100 valence electrons. The van der Waals surface area contributed by atoms with Gasteiger partial charge in [-0.2, -0.15) is 4.39 Å². The summed E-state index contributed by atoms with van der Waals surface area (Å²) in [5, 5.41) is 11.6. The van der Waals surface area contributed by atoms with E-state index in [2.05, 4.69) is 10.3 Å². The average molecular weight is 258 g/mol. The zero-order valence-corrected chi connectivity index (χ0v) is 10.3. The van der Waals surface area contributed by atoms with Gasteiger partial charge in [-0.25, -0.2) is 9.37 Å². The molecule has 1 atom stereocenters. The zero-order valence-electron chi connectivity index (χ0n) is 10.3. The predicted octanol–water partition coefficient (Wildman–Crippen LogP) is 1.50. The molecule has 1 rings (SSSR count). The standard InChI is InChI=1S/C12H16F2N2O2/c1-7(2)5-8(6-17)16-12(18)9-3-4-15-11(14)10(9)13/h3-4,7-8,17H,5-6H2,1-2H3,(H,16,18). The number of hydrogen-bond acceptors (Lipinski definition) is 3. The van der Waals surface area contributed by atoms with Crippen LogP contribution >= 0.6 is 0 Å². The lowest BCUT2D eigenvalue weighted by Gasteiger charge is -2.18. The molecule has 1 aromatic rings. The van der Waals surface area contributed by atoms with Crippen LogP contribution in [-0.2, 0) is 0 Å². The summed E-state index contributed by atoms with van der Waals surface area (Å²) in [7, 11) is 0. The highest BCUT2D eigenvalue weighted by atomic mass is 19.2. The van der Waals surface area contributed by atoms with Crippen molar-refractivity contribution in [2.75, 3.05) is 6.61 Å². The van der Waals surface area contributed by atoms with Gasteiger partial charge >= 0.3 is 0 Å². The van der Waals surface area contributed by atoms with Crippen molar-refractivity contribution in [1.82, 2.24) is 10.3 Å². The van der Waals surface area contributed by atoms with E-state index in [1.165, 1.54) is 0 Å². The van der Waals surface area contributed by atoms with Crippen molar-refractivity contribution in [3.05, 3.63) is 29.6 Å². The molecule has 18 heavy (non-hydrogen) atoms. The molecule has 6 heteroatoms. The lowest BCUT2D eigenvalue weighted by Crippen LogP contribution is -2.38. The van der Waals surface area contributed by atoms with Crippen LogP contribution in [0.5, 0.6) is 0 Å². The normalized spacial score (nSPS) is 12.6. The van der Waals surface area contributed by atoms with Crippen LogP contribution in [0, 0.1) is 17.7 Å². The number of nitrogens with zero attached hydrogens (tertiary/aromatic N) is 1. The fourth-order valence-electron chi connectivity index (χ4n) is 1.60. The maximum atomic E-state index is 13.3. The molecule has 2 N–H and O–H groups in total. The number of aliphatic hydroxyl groups is 1. The summed E-state index contributed by atoms with van der Waals surface area (Å²) in [6.45, 7) is 3.61. The smallest absolute Gasteiger partial charge is 0.254 e. The van der Waals surface area contributed by atoms with Crippen LogP contribution < -0.4 is 5.32 Å². The maximum Gasteiger partial charge on any atom is 0.254 e. The van der Waals surface area contributed by atoms with Crippen molar-refractivity contribution in [3.63, 3.8) is 0 Å². The van der Waals surface area contributed by atoms with Crippen molar-refractivity contribution in [2.45, 2.75) is 26.3 Å². The second-order valence-electron chi connectivity index (χ2n) is 4.45. The molecule has 4 nitrogen and oxygen atoms in total. The quantitative estimate of drug-likeness (QED) is 0.787. The van der Waals surface area contributed by atoms with Gasteiger partial charge in [0.15, 0.2) is 5.82 Å².